The molecule has 1 N–H and O–H groups in total. The van der Waals surface area contributed by atoms with Gasteiger partial charge in [-0.05, 0) is 18.6 Å². The van der Waals surface area contributed by atoms with Crippen LogP contribution in [0.1, 0.15) is 32.9 Å². The molecule has 7 nitrogen and oxygen atoms in total. The third-order valence-corrected chi connectivity index (χ3v) is 5.10. The van der Waals surface area contributed by atoms with Gasteiger partial charge in [-0.3, -0.25) is 14.3 Å². The second-order valence-electron chi connectivity index (χ2n) is 6.53. The van der Waals surface area contributed by atoms with Crippen LogP contribution >= 0.6 is 11.8 Å². The van der Waals surface area contributed by atoms with Crippen molar-refractivity contribution in [2.45, 2.75) is 44.4 Å². The first kappa shape index (κ1) is 19.2. The van der Waals surface area contributed by atoms with E-state index in [4.69, 9.17) is 0 Å². The van der Waals surface area contributed by atoms with Gasteiger partial charge in [-0.25, -0.2) is 4.98 Å². The summed E-state index contributed by atoms with van der Waals surface area (Å²) in [6.45, 7) is 6.48. The molecule has 142 valence electrons. The SMILES string of the molecule is CCCn1cnc2nc(CSc3ccccc3NC(=O)C(C)C)cc(=O)n21. The monoisotopic (exact) mass is 385 g/mol. The van der Waals surface area contributed by atoms with E-state index in [0.717, 1.165) is 23.5 Å². The fourth-order valence-electron chi connectivity index (χ4n) is 2.59. The summed E-state index contributed by atoms with van der Waals surface area (Å²) < 4.78 is 3.27. The zero-order valence-electron chi connectivity index (χ0n) is 15.7. The van der Waals surface area contributed by atoms with Gasteiger partial charge in [0.15, 0.2) is 0 Å². The van der Waals surface area contributed by atoms with Crippen molar-refractivity contribution in [2.75, 3.05) is 5.32 Å². The number of carbonyl (C=O) groups is 1. The highest BCUT2D eigenvalue weighted by atomic mass is 32.2. The Labute approximate surface area is 161 Å². The van der Waals surface area contributed by atoms with Crippen molar-refractivity contribution in [3.8, 4) is 0 Å². The minimum Gasteiger partial charge on any atom is -0.325 e. The summed E-state index contributed by atoms with van der Waals surface area (Å²) in [5.74, 6) is 0.807. The Balaban J connectivity index is 1.79. The first-order chi connectivity index (χ1) is 13.0. The van der Waals surface area contributed by atoms with E-state index in [2.05, 4.69) is 15.3 Å². The fraction of sp³-hybridized carbons (Fsp3) is 0.368. The highest BCUT2D eigenvalue weighted by molar-refractivity contribution is 7.98. The largest absolute Gasteiger partial charge is 0.325 e. The number of aryl methyl sites for hydroxylation is 1. The lowest BCUT2D eigenvalue weighted by molar-refractivity contribution is -0.118. The summed E-state index contributed by atoms with van der Waals surface area (Å²) >= 11 is 1.53. The molecule has 3 aromatic rings. The van der Waals surface area contributed by atoms with Crippen LogP contribution in [0.15, 0.2) is 46.3 Å². The first-order valence-corrected chi connectivity index (χ1v) is 9.95. The Morgan fingerprint density at radius 1 is 1.30 bits per heavy atom. The van der Waals surface area contributed by atoms with Gasteiger partial charge in [-0.2, -0.15) is 9.50 Å². The van der Waals surface area contributed by atoms with E-state index in [0.29, 0.717) is 17.2 Å². The fourth-order valence-corrected chi connectivity index (χ4v) is 3.49. The normalized spacial score (nSPS) is 11.3. The standard InChI is InChI=1S/C19H23N5O2S/c1-4-9-23-12-20-19-21-14(10-17(25)24(19)23)11-27-16-8-6-5-7-15(16)22-18(26)13(2)3/h5-8,10,12-13H,4,9,11H2,1-3H3,(H,22,26). The third-order valence-electron chi connectivity index (χ3n) is 3.99. The molecular formula is C19H23N5O2S. The molecule has 0 fully saturated rings. The quantitative estimate of drug-likeness (QED) is 0.632. The zero-order chi connectivity index (χ0) is 19.4. The number of hydrogen-bond donors (Lipinski definition) is 1. The molecule has 2 heterocycles. The van der Waals surface area contributed by atoms with Crippen LogP contribution in [0.25, 0.3) is 5.78 Å². The molecule has 0 aliphatic carbocycles. The van der Waals surface area contributed by atoms with Crippen molar-refractivity contribution in [1.29, 1.82) is 0 Å². The molecule has 0 aliphatic rings. The Morgan fingerprint density at radius 3 is 2.81 bits per heavy atom. The molecule has 0 atom stereocenters. The number of aromatic nitrogens is 4. The molecule has 0 radical (unpaired) electrons. The number of rotatable bonds is 7. The molecule has 0 saturated heterocycles. The minimum absolute atomic E-state index is 0.0256. The number of benzene rings is 1. The van der Waals surface area contributed by atoms with Crippen molar-refractivity contribution in [1.82, 2.24) is 19.2 Å². The molecule has 1 aromatic carbocycles. The topological polar surface area (TPSA) is 81.3 Å². The second kappa shape index (κ2) is 8.39. The molecule has 0 bridgehead atoms. The highest BCUT2D eigenvalue weighted by Gasteiger charge is 2.12. The van der Waals surface area contributed by atoms with Crippen molar-refractivity contribution in [3.05, 3.63) is 52.7 Å². The van der Waals surface area contributed by atoms with Crippen LogP contribution in [0, 0.1) is 5.92 Å². The van der Waals surface area contributed by atoms with Crippen molar-refractivity contribution >= 4 is 29.1 Å². The number of carbonyl (C=O) groups excluding carboxylic acids is 1. The van der Waals surface area contributed by atoms with Gasteiger partial charge in [0.05, 0.1) is 11.4 Å². The van der Waals surface area contributed by atoms with E-state index >= 15 is 0 Å². The highest BCUT2D eigenvalue weighted by Crippen LogP contribution is 2.29. The molecule has 0 aliphatic heterocycles. The molecule has 8 heteroatoms. The van der Waals surface area contributed by atoms with E-state index < -0.39 is 0 Å². The maximum Gasteiger partial charge on any atom is 0.274 e. The van der Waals surface area contributed by atoms with E-state index in [1.54, 1.807) is 17.1 Å². The number of para-hydroxylation sites is 1. The number of hydrogen-bond acceptors (Lipinski definition) is 5. The van der Waals surface area contributed by atoms with Crippen LogP contribution in [-0.2, 0) is 17.1 Å². The molecular weight excluding hydrogens is 362 g/mol. The van der Waals surface area contributed by atoms with Crippen molar-refractivity contribution < 1.29 is 4.79 Å². The van der Waals surface area contributed by atoms with Crippen molar-refractivity contribution in [2.24, 2.45) is 5.92 Å². The second-order valence-corrected chi connectivity index (χ2v) is 7.55. The number of fused-ring (bicyclic) bond motifs is 1. The van der Waals surface area contributed by atoms with E-state index in [9.17, 15) is 9.59 Å². The number of thioether (sulfide) groups is 1. The predicted molar refractivity (Wildman–Crippen MR) is 107 cm³/mol. The lowest BCUT2D eigenvalue weighted by Gasteiger charge is -2.12. The van der Waals surface area contributed by atoms with Crippen LogP contribution < -0.4 is 10.9 Å². The molecule has 27 heavy (non-hydrogen) atoms. The van der Waals surface area contributed by atoms with Gasteiger partial charge < -0.3 is 5.32 Å². The van der Waals surface area contributed by atoms with Gasteiger partial charge in [0, 0.05) is 29.2 Å². The summed E-state index contributed by atoms with van der Waals surface area (Å²) in [5, 5.41) is 2.94. The Hall–Kier alpha value is -2.61. The van der Waals surface area contributed by atoms with Crippen molar-refractivity contribution in [3.63, 3.8) is 0 Å². The van der Waals surface area contributed by atoms with E-state index in [1.165, 1.54) is 16.3 Å². The van der Waals surface area contributed by atoms with Gasteiger partial charge in [-0.15, -0.1) is 11.8 Å². The third kappa shape index (κ3) is 4.39. The van der Waals surface area contributed by atoms with E-state index in [1.807, 2.05) is 45.0 Å². The van der Waals surface area contributed by atoms with Gasteiger partial charge >= 0.3 is 0 Å². The zero-order valence-corrected chi connectivity index (χ0v) is 16.5. The van der Waals surface area contributed by atoms with Crippen LogP contribution in [0.5, 0.6) is 0 Å². The van der Waals surface area contributed by atoms with Gasteiger partial charge in [0.2, 0.25) is 5.91 Å². The van der Waals surface area contributed by atoms with E-state index in [-0.39, 0.29) is 17.4 Å². The minimum atomic E-state index is -0.136. The van der Waals surface area contributed by atoms with Crippen LogP contribution in [-0.4, -0.2) is 25.1 Å². The average molecular weight is 385 g/mol. The number of nitrogens with zero attached hydrogens (tertiary/aromatic N) is 4. The molecule has 3 rings (SSSR count). The Bertz CT molecular complexity index is 1010. The lowest BCUT2D eigenvalue weighted by Crippen LogP contribution is -2.21. The summed E-state index contributed by atoms with van der Waals surface area (Å²) in [6.07, 6.45) is 2.55. The molecule has 0 spiro atoms. The Kier molecular flexibility index (Phi) is 5.95. The van der Waals surface area contributed by atoms with Crippen LogP contribution in [0.3, 0.4) is 0 Å². The molecule has 2 aromatic heterocycles. The maximum absolute atomic E-state index is 12.5. The van der Waals surface area contributed by atoms with Crippen LogP contribution in [0.4, 0.5) is 5.69 Å². The Morgan fingerprint density at radius 2 is 2.07 bits per heavy atom. The number of nitrogens with one attached hydrogen (secondary N) is 1. The van der Waals surface area contributed by atoms with Crippen LogP contribution in [0.2, 0.25) is 0 Å². The average Bonchev–Trinajstić information content (AvgIpc) is 3.04. The number of anilines is 1. The lowest BCUT2D eigenvalue weighted by atomic mass is 10.2. The smallest absolute Gasteiger partial charge is 0.274 e. The summed E-state index contributed by atoms with van der Waals surface area (Å²) in [7, 11) is 0. The first-order valence-electron chi connectivity index (χ1n) is 8.96. The molecule has 0 saturated carbocycles. The summed E-state index contributed by atoms with van der Waals surface area (Å²) in [4.78, 5) is 34.1. The maximum atomic E-state index is 12.5. The molecule has 1 amide bonds. The number of amides is 1. The predicted octanol–water partition coefficient (Wildman–Crippen LogP) is 3.19. The van der Waals surface area contributed by atoms with Gasteiger partial charge in [0.25, 0.3) is 11.3 Å². The summed E-state index contributed by atoms with van der Waals surface area (Å²) in [5.41, 5.74) is 1.30. The summed E-state index contributed by atoms with van der Waals surface area (Å²) in [6, 6.07) is 9.17. The van der Waals surface area contributed by atoms with Gasteiger partial charge in [-0.1, -0.05) is 32.9 Å². The molecule has 0 unspecified atom stereocenters. The van der Waals surface area contributed by atoms with Gasteiger partial charge in [0.1, 0.15) is 6.33 Å².